The van der Waals surface area contributed by atoms with Gasteiger partial charge in [-0.25, -0.2) is 0 Å². The summed E-state index contributed by atoms with van der Waals surface area (Å²) in [6.07, 6.45) is 2.45. The van der Waals surface area contributed by atoms with Crippen molar-refractivity contribution < 1.29 is 81.2 Å². The van der Waals surface area contributed by atoms with E-state index in [1.165, 1.54) is 33.8 Å². The average molecular weight is 878 g/mol. The summed E-state index contributed by atoms with van der Waals surface area (Å²) >= 11 is 3.32. The van der Waals surface area contributed by atoms with Gasteiger partial charge in [-0.1, -0.05) is 41.4 Å². The number of methoxy groups -OCH3 is 8. The van der Waals surface area contributed by atoms with E-state index in [2.05, 4.69) is 29.8 Å². The molecule has 13 nitrogen and oxygen atoms in total. The van der Waals surface area contributed by atoms with E-state index in [9.17, 15) is 15.0 Å². The van der Waals surface area contributed by atoms with Gasteiger partial charge in [-0.2, -0.15) is 6.42 Å². The molecular weight excluding hydrogens is 823 g/mol. The molecule has 0 saturated carbocycles. The van der Waals surface area contributed by atoms with E-state index < -0.39 is 12.2 Å². The summed E-state index contributed by atoms with van der Waals surface area (Å²) in [6, 6.07) is 18.6. The number of ether oxygens (including phenoxy) is 10. The number of fused-ring (bicyclic) bond motifs is 2. The SMILES string of the molecule is COc1cc2c(c(OC)c1OC)OCC(O)CC2=O.COc1ccc(Br)cc1.COc1ccc(C2=CC(O)COc3c2cc(OC)c(OC)c3OC)cc1.[CH2-]CCC.[Li+]. The molecule has 2 unspecified atom stereocenters. The zero-order chi connectivity index (χ0) is 42.8. The summed E-state index contributed by atoms with van der Waals surface area (Å²) in [4.78, 5) is 12.1. The van der Waals surface area contributed by atoms with Gasteiger partial charge in [-0.15, -0.1) is 0 Å². The Morgan fingerprint density at radius 3 is 1.54 bits per heavy atom. The number of rotatable bonds is 10. The molecule has 4 aromatic rings. The largest absolute Gasteiger partial charge is 1.00 e. The number of unbranched alkanes of at least 4 members (excludes halogenated alkanes) is 1. The van der Waals surface area contributed by atoms with Crippen LogP contribution in [0.5, 0.6) is 57.5 Å². The number of carbonyl (C=O) groups is 1. The van der Waals surface area contributed by atoms with E-state index in [0.717, 1.165) is 39.1 Å². The molecule has 2 aliphatic rings. The smallest absolute Gasteiger partial charge is 0.497 e. The van der Waals surface area contributed by atoms with Gasteiger partial charge in [0.1, 0.15) is 30.8 Å². The van der Waals surface area contributed by atoms with Crippen molar-refractivity contribution >= 4 is 27.3 Å². The number of halogens is 1. The second-order valence-electron chi connectivity index (χ2n) is 12.3. The predicted molar refractivity (Wildman–Crippen MR) is 225 cm³/mol. The Balaban J connectivity index is 0.000000317. The number of Topliss-reactive ketones (excluding diaryl/α,β-unsaturated/α-hetero) is 1. The van der Waals surface area contributed by atoms with Crippen LogP contribution in [0.4, 0.5) is 0 Å². The van der Waals surface area contributed by atoms with Gasteiger partial charge in [-0.3, -0.25) is 4.79 Å². The Morgan fingerprint density at radius 2 is 1.10 bits per heavy atom. The molecule has 0 aromatic heterocycles. The summed E-state index contributed by atoms with van der Waals surface area (Å²) in [5.74, 6) is 4.61. The minimum Gasteiger partial charge on any atom is -0.497 e. The Kier molecular flexibility index (Phi) is 22.0. The van der Waals surface area contributed by atoms with Gasteiger partial charge >= 0.3 is 18.9 Å². The standard InChI is InChI=1S/C20H22O6.C13H16O6.C7H7BrO.C4H9.Li/c1-22-14-7-5-12(6-8-14)15-9-13(21)11-26-18-16(15)10-17(23-2)19(24-3)20(18)25-4;1-16-10-5-8-9(15)4-7(14)6-19-11(8)13(18-3)12(10)17-2;1-9-7-4-2-6(8)3-5-7;1-3-4-2;/h5-10,13,21H,11H2,1-4H3;5,7,14H,4,6H2,1-3H3;2-5H,1H3;1,3-4H2,2H3;/q;;;-1;+1. The average Bonchev–Trinajstić information content (AvgIpc) is 3.51. The van der Waals surface area contributed by atoms with Crippen LogP contribution >= 0.6 is 15.9 Å². The Hall–Kier alpha value is -4.71. The first kappa shape index (κ1) is 50.4. The van der Waals surface area contributed by atoms with Crippen molar-refractivity contribution in [2.24, 2.45) is 0 Å². The molecule has 15 heteroatoms. The summed E-state index contributed by atoms with van der Waals surface area (Å²) in [5, 5.41) is 19.9. The van der Waals surface area contributed by atoms with Gasteiger partial charge in [0.15, 0.2) is 28.8 Å². The zero-order valence-corrected chi connectivity index (χ0v) is 37.1. The van der Waals surface area contributed by atoms with Crippen LogP contribution in [-0.4, -0.2) is 98.3 Å². The first-order chi connectivity index (χ1) is 28.0. The molecule has 316 valence electrons. The molecule has 2 N–H and O–H groups in total. The molecule has 0 radical (unpaired) electrons. The van der Waals surface area contributed by atoms with Gasteiger partial charge in [0, 0.05) is 16.5 Å². The molecule has 0 saturated heterocycles. The predicted octanol–water partition coefficient (Wildman–Crippen LogP) is 5.03. The Bertz CT molecular complexity index is 1930. The van der Waals surface area contributed by atoms with Gasteiger partial charge in [0.05, 0.1) is 68.5 Å². The molecule has 0 aliphatic carbocycles. The molecule has 0 spiro atoms. The molecule has 59 heavy (non-hydrogen) atoms. The van der Waals surface area contributed by atoms with Gasteiger partial charge in [0.2, 0.25) is 23.0 Å². The molecule has 2 heterocycles. The van der Waals surface area contributed by atoms with Crippen LogP contribution in [-0.2, 0) is 0 Å². The summed E-state index contributed by atoms with van der Waals surface area (Å²) in [5.41, 5.74) is 2.80. The monoisotopic (exact) mass is 876 g/mol. The summed E-state index contributed by atoms with van der Waals surface area (Å²) in [7, 11) is 12.3. The van der Waals surface area contributed by atoms with Gasteiger partial charge in [0.25, 0.3) is 0 Å². The van der Waals surface area contributed by atoms with Crippen molar-refractivity contribution in [3.05, 3.63) is 94.8 Å². The molecule has 4 aromatic carbocycles. The van der Waals surface area contributed by atoms with Gasteiger partial charge in [-0.05, 0) is 65.7 Å². The number of ketones is 1. The van der Waals surface area contributed by atoms with Crippen molar-refractivity contribution in [3.63, 3.8) is 0 Å². The zero-order valence-electron chi connectivity index (χ0n) is 35.5. The number of aliphatic hydroxyl groups is 2. The number of hydrogen-bond donors (Lipinski definition) is 2. The third kappa shape index (κ3) is 13.4. The summed E-state index contributed by atoms with van der Waals surface area (Å²) in [6.45, 7) is 5.86. The minimum absolute atomic E-state index is 0. The molecule has 2 atom stereocenters. The maximum absolute atomic E-state index is 12.1. The van der Waals surface area contributed by atoms with Crippen LogP contribution < -0.4 is 66.2 Å². The van der Waals surface area contributed by atoms with Crippen molar-refractivity contribution in [2.45, 2.75) is 38.4 Å². The van der Waals surface area contributed by atoms with E-state index in [0.29, 0.717) is 45.8 Å². The topological polar surface area (TPSA) is 150 Å². The maximum atomic E-state index is 12.1. The van der Waals surface area contributed by atoms with Crippen LogP contribution in [0.3, 0.4) is 0 Å². The van der Waals surface area contributed by atoms with E-state index in [4.69, 9.17) is 47.4 Å². The number of carbonyl (C=O) groups excluding carboxylic acids is 1. The first-order valence-electron chi connectivity index (χ1n) is 18.2. The third-order valence-corrected chi connectivity index (χ3v) is 9.09. The molecule has 0 amide bonds. The van der Waals surface area contributed by atoms with Gasteiger partial charge < -0.3 is 64.5 Å². The van der Waals surface area contributed by atoms with Crippen molar-refractivity contribution in [1.29, 1.82) is 0 Å². The Labute approximate surface area is 367 Å². The Morgan fingerprint density at radius 1 is 0.661 bits per heavy atom. The van der Waals surface area contributed by atoms with E-state index in [1.54, 1.807) is 41.6 Å². The minimum atomic E-state index is -0.832. The molecular formula is C44H54BrLiO13. The number of hydrogen-bond acceptors (Lipinski definition) is 13. The first-order valence-corrected chi connectivity index (χ1v) is 19.0. The number of aliphatic hydroxyl groups excluding tert-OH is 2. The fourth-order valence-corrected chi connectivity index (χ4v) is 5.87. The molecule has 0 fully saturated rings. The third-order valence-electron chi connectivity index (χ3n) is 8.56. The second kappa shape index (κ2) is 25.7. The van der Waals surface area contributed by atoms with E-state index >= 15 is 0 Å². The fraction of sp³-hybridized carbons (Fsp3) is 0.364. The van der Waals surface area contributed by atoms with Crippen LogP contribution in [0.15, 0.2) is 71.2 Å². The van der Waals surface area contributed by atoms with Crippen molar-refractivity contribution in [1.82, 2.24) is 0 Å². The maximum Gasteiger partial charge on any atom is 1.00 e. The van der Waals surface area contributed by atoms with Crippen LogP contribution in [0.25, 0.3) is 5.57 Å². The molecule has 0 bridgehead atoms. The van der Waals surface area contributed by atoms with Crippen molar-refractivity contribution in [3.8, 4) is 57.5 Å². The van der Waals surface area contributed by atoms with E-state index in [-0.39, 0.29) is 50.0 Å². The quantitative estimate of drug-likeness (QED) is 0.162. The normalized spacial score (nSPS) is 14.7. The molecule has 6 rings (SSSR count). The summed E-state index contributed by atoms with van der Waals surface area (Å²) < 4.78 is 54.6. The van der Waals surface area contributed by atoms with Crippen molar-refractivity contribution in [2.75, 3.05) is 70.1 Å². The van der Waals surface area contributed by atoms with Crippen LogP contribution in [0.2, 0.25) is 0 Å². The van der Waals surface area contributed by atoms with Crippen LogP contribution in [0, 0.1) is 6.92 Å². The fourth-order valence-electron chi connectivity index (χ4n) is 5.61. The van der Waals surface area contributed by atoms with E-state index in [1.807, 2.05) is 54.6 Å². The molecule has 2 aliphatic heterocycles. The second-order valence-corrected chi connectivity index (χ2v) is 13.3. The number of benzene rings is 4. The van der Waals surface area contributed by atoms with Crippen LogP contribution in [0.1, 0.15) is 47.7 Å².